The molecule has 0 aliphatic carbocycles. The fourth-order valence-electron chi connectivity index (χ4n) is 1.51. The molecule has 0 atom stereocenters. The van der Waals surface area contributed by atoms with Crippen LogP contribution in [0.3, 0.4) is 0 Å². The average Bonchev–Trinajstić information content (AvgIpc) is 2.98. The van der Waals surface area contributed by atoms with E-state index >= 15 is 0 Å². The normalized spacial score (nSPS) is 11.2. The molecule has 0 unspecified atom stereocenters. The number of rotatable bonds is 6. The van der Waals surface area contributed by atoms with Gasteiger partial charge in [-0.15, -0.1) is 0 Å². The van der Waals surface area contributed by atoms with E-state index in [0.717, 1.165) is 12.1 Å². The maximum atomic E-state index is 8.88. The van der Waals surface area contributed by atoms with E-state index in [1.807, 2.05) is 11.8 Å². The van der Waals surface area contributed by atoms with E-state index in [1.54, 1.807) is 18.6 Å². The molecule has 0 aromatic carbocycles. The van der Waals surface area contributed by atoms with Gasteiger partial charge in [-0.25, -0.2) is 0 Å². The highest BCUT2D eigenvalue weighted by Gasteiger charge is 2.12. The molecule has 1 N–H and O–H groups in total. The third-order valence-electron chi connectivity index (χ3n) is 2.46. The van der Waals surface area contributed by atoms with Gasteiger partial charge in [-0.05, 0) is 12.6 Å². The van der Waals surface area contributed by atoms with Crippen LogP contribution in [-0.2, 0) is 6.54 Å². The second-order valence-corrected chi connectivity index (χ2v) is 3.62. The molecule has 92 valence electrons. The Bertz CT molecular complexity index is 439. The Hall–Kier alpha value is -1.66. The average molecular weight is 237 g/mol. The van der Waals surface area contributed by atoms with E-state index in [1.165, 1.54) is 0 Å². The summed E-state index contributed by atoms with van der Waals surface area (Å²) in [6, 6.07) is 1.77. The number of hydrogen-bond donors (Lipinski definition) is 1. The summed E-state index contributed by atoms with van der Waals surface area (Å²) in [5, 5.41) is 12.8. The van der Waals surface area contributed by atoms with Crippen LogP contribution in [-0.4, -0.2) is 39.8 Å². The van der Waals surface area contributed by atoms with Crippen molar-refractivity contribution in [3.05, 3.63) is 24.4 Å². The summed E-state index contributed by atoms with van der Waals surface area (Å²) < 4.78 is 10.1. The van der Waals surface area contributed by atoms with Gasteiger partial charge in [0, 0.05) is 6.54 Å². The van der Waals surface area contributed by atoms with E-state index in [2.05, 4.69) is 10.1 Å². The molecule has 0 spiro atoms. The smallest absolute Gasteiger partial charge is 0.261 e. The van der Waals surface area contributed by atoms with E-state index in [9.17, 15) is 0 Å². The molecule has 0 bridgehead atoms. The van der Waals surface area contributed by atoms with Crippen LogP contribution in [0.4, 0.5) is 0 Å². The topological polar surface area (TPSA) is 75.5 Å². The highest BCUT2D eigenvalue weighted by molar-refractivity contribution is 5.49. The predicted octanol–water partition coefficient (Wildman–Crippen LogP) is 1.14. The summed E-state index contributed by atoms with van der Waals surface area (Å²) >= 11 is 0. The summed E-state index contributed by atoms with van der Waals surface area (Å²) in [7, 11) is 0. The van der Waals surface area contributed by atoms with Gasteiger partial charge in [0.05, 0.1) is 25.0 Å². The lowest BCUT2D eigenvalue weighted by atomic mass is 10.3. The monoisotopic (exact) mass is 237 g/mol. The van der Waals surface area contributed by atoms with Gasteiger partial charge in [-0.1, -0.05) is 12.1 Å². The van der Waals surface area contributed by atoms with Crippen molar-refractivity contribution in [1.29, 1.82) is 0 Å². The van der Waals surface area contributed by atoms with Crippen LogP contribution in [0.2, 0.25) is 0 Å². The van der Waals surface area contributed by atoms with Gasteiger partial charge in [-0.2, -0.15) is 4.98 Å². The van der Waals surface area contributed by atoms with Gasteiger partial charge in [0.25, 0.3) is 5.89 Å². The Labute approximate surface area is 98.8 Å². The van der Waals surface area contributed by atoms with Crippen LogP contribution >= 0.6 is 0 Å². The fraction of sp³-hybridized carbons (Fsp3) is 0.455. The number of hydrogen-bond acceptors (Lipinski definition) is 6. The molecule has 2 aromatic heterocycles. The minimum absolute atomic E-state index is 0.125. The van der Waals surface area contributed by atoms with Gasteiger partial charge in [0.2, 0.25) is 0 Å². The summed E-state index contributed by atoms with van der Waals surface area (Å²) in [6.45, 7) is 4.15. The van der Waals surface area contributed by atoms with Crippen LogP contribution in [0.1, 0.15) is 12.7 Å². The maximum Gasteiger partial charge on any atom is 0.261 e. The molecule has 0 aliphatic heterocycles. The number of aromatic nitrogens is 2. The SMILES string of the molecule is CCN(CCO)Cc1noc(-c2ccoc2)n1. The highest BCUT2D eigenvalue weighted by atomic mass is 16.5. The molecule has 2 aromatic rings. The third-order valence-corrected chi connectivity index (χ3v) is 2.46. The van der Waals surface area contributed by atoms with Crippen molar-refractivity contribution in [2.24, 2.45) is 0 Å². The molecule has 0 amide bonds. The summed E-state index contributed by atoms with van der Waals surface area (Å²) in [6.07, 6.45) is 3.12. The van der Waals surface area contributed by atoms with Crippen molar-refractivity contribution in [1.82, 2.24) is 15.0 Å². The first kappa shape index (κ1) is 11.8. The van der Waals surface area contributed by atoms with Gasteiger partial charge in [0.15, 0.2) is 5.82 Å². The molecule has 0 radical (unpaired) electrons. The molecule has 0 saturated heterocycles. The predicted molar refractivity (Wildman–Crippen MR) is 60.0 cm³/mol. The Morgan fingerprint density at radius 3 is 3.00 bits per heavy atom. The third kappa shape index (κ3) is 2.92. The maximum absolute atomic E-state index is 8.88. The van der Waals surface area contributed by atoms with E-state index in [4.69, 9.17) is 14.0 Å². The van der Waals surface area contributed by atoms with E-state index < -0.39 is 0 Å². The van der Waals surface area contributed by atoms with Crippen LogP contribution in [0.25, 0.3) is 11.5 Å². The van der Waals surface area contributed by atoms with Crippen molar-refractivity contribution < 1.29 is 14.0 Å². The number of furan rings is 1. The van der Waals surface area contributed by atoms with Crippen LogP contribution in [0.5, 0.6) is 0 Å². The Morgan fingerprint density at radius 1 is 1.47 bits per heavy atom. The molecule has 0 fully saturated rings. The zero-order valence-corrected chi connectivity index (χ0v) is 9.67. The molecule has 2 rings (SSSR count). The minimum atomic E-state index is 0.125. The minimum Gasteiger partial charge on any atom is -0.472 e. The molecule has 6 nitrogen and oxygen atoms in total. The first-order valence-corrected chi connectivity index (χ1v) is 5.52. The van der Waals surface area contributed by atoms with Crippen molar-refractivity contribution in [2.45, 2.75) is 13.5 Å². The number of aliphatic hydroxyl groups excluding tert-OH is 1. The second-order valence-electron chi connectivity index (χ2n) is 3.62. The van der Waals surface area contributed by atoms with E-state index in [0.29, 0.717) is 24.8 Å². The molecule has 0 saturated carbocycles. The molecule has 0 aliphatic rings. The zero-order chi connectivity index (χ0) is 12.1. The van der Waals surface area contributed by atoms with Gasteiger partial charge >= 0.3 is 0 Å². The summed E-state index contributed by atoms with van der Waals surface area (Å²) in [5.74, 6) is 1.06. The first-order chi connectivity index (χ1) is 8.33. The quantitative estimate of drug-likeness (QED) is 0.812. The number of aliphatic hydroxyl groups is 1. The molecule has 6 heteroatoms. The van der Waals surface area contributed by atoms with Gasteiger partial charge < -0.3 is 14.0 Å². The lowest BCUT2D eigenvalue weighted by Crippen LogP contribution is -2.26. The second kappa shape index (κ2) is 5.60. The van der Waals surface area contributed by atoms with Crippen molar-refractivity contribution >= 4 is 0 Å². The lowest BCUT2D eigenvalue weighted by molar-refractivity contribution is 0.192. The largest absolute Gasteiger partial charge is 0.472 e. The Kier molecular flexibility index (Phi) is 3.89. The molecular weight excluding hydrogens is 222 g/mol. The van der Waals surface area contributed by atoms with Crippen molar-refractivity contribution in [3.8, 4) is 11.5 Å². The van der Waals surface area contributed by atoms with Crippen molar-refractivity contribution in [2.75, 3.05) is 19.7 Å². The summed E-state index contributed by atoms with van der Waals surface area (Å²) in [4.78, 5) is 6.29. The van der Waals surface area contributed by atoms with Crippen LogP contribution < -0.4 is 0 Å². The molecule has 2 heterocycles. The standard InChI is InChI=1S/C11H15N3O3/c1-2-14(4-5-15)7-10-12-11(17-13-10)9-3-6-16-8-9/h3,6,8,15H,2,4-5,7H2,1H3. The van der Waals surface area contributed by atoms with Crippen LogP contribution in [0.15, 0.2) is 27.5 Å². The summed E-state index contributed by atoms with van der Waals surface area (Å²) in [5.41, 5.74) is 0.772. The number of likely N-dealkylation sites (N-methyl/N-ethyl adjacent to an activating group) is 1. The van der Waals surface area contributed by atoms with Crippen molar-refractivity contribution in [3.63, 3.8) is 0 Å². The number of nitrogens with zero attached hydrogens (tertiary/aromatic N) is 3. The van der Waals surface area contributed by atoms with Gasteiger partial charge in [0.1, 0.15) is 6.26 Å². The molecule has 17 heavy (non-hydrogen) atoms. The molecular formula is C11H15N3O3. The Morgan fingerprint density at radius 2 is 2.35 bits per heavy atom. The van der Waals surface area contributed by atoms with Gasteiger partial charge in [-0.3, -0.25) is 4.90 Å². The fourth-order valence-corrected chi connectivity index (χ4v) is 1.51. The van der Waals surface area contributed by atoms with E-state index in [-0.39, 0.29) is 6.61 Å². The Balaban J connectivity index is 2.03. The first-order valence-electron chi connectivity index (χ1n) is 5.52. The zero-order valence-electron chi connectivity index (χ0n) is 9.67. The van der Waals surface area contributed by atoms with Crippen LogP contribution in [0, 0.1) is 0 Å². The lowest BCUT2D eigenvalue weighted by Gasteiger charge is -2.16. The highest BCUT2D eigenvalue weighted by Crippen LogP contribution is 2.17.